The van der Waals surface area contributed by atoms with Gasteiger partial charge in [-0.2, -0.15) is 0 Å². The van der Waals surface area contributed by atoms with Crippen molar-refractivity contribution in [3.63, 3.8) is 0 Å². The zero-order valence-electron chi connectivity index (χ0n) is 34.9. The first kappa shape index (κ1) is 48.1. The van der Waals surface area contributed by atoms with Crippen LogP contribution >= 0.6 is 11.3 Å². The molecule has 17 heteroatoms. The van der Waals surface area contributed by atoms with Crippen LogP contribution in [0.3, 0.4) is 0 Å². The quantitative estimate of drug-likeness (QED) is 0.0901. The van der Waals surface area contributed by atoms with Crippen molar-refractivity contribution in [3.8, 4) is 0 Å². The van der Waals surface area contributed by atoms with Gasteiger partial charge in [0.25, 0.3) is 5.91 Å². The molecule has 1 heterocycles. The van der Waals surface area contributed by atoms with Crippen molar-refractivity contribution >= 4 is 57.9 Å². The summed E-state index contributed by atoms with van der Waals surface area (Å²) < 4.78 is 23.7. The highest BCUT2D eigenvalue weighted by molar-refractivity contribution is 7.18. The fourth-order valence-electron chi connectivity index (χ4n) is 5.71. The van der Waals surface area contributed by atoms with Gasteiger partial charge in [-0.15, -0.1) is 11.3 Å². The number of halogens is 1. The van der Waals surface area contributed by atoms with E-state index in [0.29, 0.717) is 12.0 Å². The van der Waals surface area contributed by atoms with Crippen molar-refractivity contribution in [2.24, 2.45) is 17.8 Å². The summed E-state index contributed by atoms with van der Waals surface area (Å²) in [4.78, 5) is 92.1. The molecule has 0 bridgehead atoms. The molecular formula is C40H59FN6O9S. The molecule has 2 aromatic rings. The van der Waals surface area contributed by atoms with Gasteiger partial charge in [-0.1, -0.05) is 60.6 Å². The number of esters is 1. The number of amides is 6. The lowest BCUT2D eigenvalue weighted by Crippen LogP contribution is -2.60. The summed E-state index contributed by atoms with van der Waals surface area (Å²) in [6.45, 7) is 18.8. The second-order valence-corrected chi connectivity index (χ2v) is 16.6. The van der Waals surface area contributed by atoms with Crippen molar-refractivity contribution in [2.45, 2.75) is 112 Å². The van der Waals surface area contributed by atoms with Crippen LogP contribution in [0, 0.1) is 30.5 Å². The van der Waals surface area contributed by atoms with E-state index in [-0.39, 0.29) is 51.8 Å². The third-order valence-electron chi connectivity index (χ3n) is 8.80. The van der Waals surface area contributed by atoms with Crippen molar-refractivity contribution in [3.05, 3.63) is 51.7 Å². The fourth-order valence-corrected chi connectivity index (χ4v) is 6.82. The average molecular weight is 819 g/mol. The molecule has 0 radical (unpaired) electrons. The predicted molar refractivity (Wildman–Crippen MR) is 215 cm³/mol. The Bertz CT molecular complexity index is 1750. The Morgan fingerprint density at radius 1 is 0.737 bits per heavy atom. The fraction of sp³-hybridized carbons (Fsp3) is 0.575. The van der Waals surface area contributed by atoms with Crippen LogP contribution in [-0.4, -0.2) is 85.5 Å². The lowest BCUT2D eigenvalue weighted by molar-refractivity contribution is -0.134. The van der Waals surface area contributed by atoms with E-state index in [1.807, 2.05) is 0 Å². The number of benzene rings is 1. The Hall–Kier alpha value is -5.06. The monoisotopic (exact) mass is 818 g/mol. The van der Waals surface area contributed by atoms with Gasteiger partial charge >= 0.3 is 12.1 Å². The second kappa shape index (κ2) is 21.5. The summed E-state index contributed by atoms with van der Waals surface area (Å²) >= 11 is 0.892. The van der Waals surface area contributed by atoms with Crippen LogP contribution in [0.15, 0.2) is 24.3 Å². The van der Waals surface area contributed by atoms with E-state index in [2.05, 4.69) is 31.9 Å². The lowest BCUT2D eigenvalue weighted by Gasteiger charge is -2.29. The molecule has 6 N–H and O–H groups in total. The number of hydrogen-bond donors (Lipinski definition) is 6. The van der Waals surface area contributed by atoms with E-state index in [0.717, 1.165) is 11.3 Å². The van der Waals surface area contributed by atoms with Crippen LogP contribution in [-0.2, 0) is 28.7 Å². The third-order valence-corrected chi connectivity index (χ3v) is 10.0. The van der Waals surface area contributed by atoms with Gasteiger partial charge in [0.05, 0.1) is 23.5 Å². The summed E-state index contributed by atoms with van der Waals surface area (Å²) in [5, 5.41) is 16.3. The molecule has 316 valence electrons. The second-order valence-electron chi connectivity index (χ2n) is 15.6. The molecule has 6 amide bonds. The highest BCUT2D eigenvalue weighted by Gasteiger charge is 2.34. The Kier molecular flexibility index (Phi) is 18.1. The molecule has 0 aliphatic carbocycles. The van der Waals surface area contributed by atoms with E-state index < -0.39 is 77.1 Å². The summed E-state index contributed by atoms with van der Waals surface area (Å²) in [5.74, 6) is -5.65. The van der Waals surface area contributed by atoms with Gasteiger partial charge in [0.15, 0.2) is 0 Å². The minimum Gasteiger partial charge on any atom is -0.465 e. The summed E-state index contributed by atoms with van der Waals surface area (Å²) in [6, 6.07) is 2.51. The molecule has 0 saturated carbocycles. The number of ether oxygens (including phenoxy) is 2. The zero-order valence-corrected chi connectivity index (χ0v) is 35.7. The predicted octanol–water partition coefficient (Wildman–Crippen LogP) is 4.79. The molecule has 1 aromatic heterocycles. The van der Waals surface area contributed by atoms with Crippen LogP contribution in [0.2, 0.25) is 0 Å². The molecule has 0 saturated heterocycles. The van der Waals surface area contributed by atoms with Crippen LogP contribution in [0.5, 0.6) is 0 Å². The number of anilines is 1. The Morgan fingerprint density at radius 3 is 1.70 bits per heavy atom. The molecule has 0 aliphatic rings. The Balaban J connectivity index is 2.10. The van der Waals surface area contributed by atoms with Crippen LogP contribution < -0.4 is 31.9 Å². The maximum atomic E-state index is 13.5. The van der Waals surface area contributed by atoms with Crippen molar-refractivity contribution < 1.29 is 47.4 Å². The highest BCUT2D eigenvalue weighted by atomic mass is 32.1. The van der Waals surface area contributed by atoms with E-state index in [1.165, 1.54) is 31.4 Å². The maximum absolute atomic E-state index is 13.5. The van der Waals surface area contributed by atoms with Crippen LogP contribution in [0.25, 0.3) is 0 Å². The van der Waals surface area contributed by atoms with Crippen LogP contribution in [0.1, 0.15) is 113 Å². The van der Waals surface area contributed by atoms with Gasteiger partial charge in [-0.3, -0.25) is 24.0 Å². The average Bonchev–Trinajstić information content (AvgIpc) is 3.44. The summed E-state index contributed by atoms with van der Waals surface area (Å²) in [5.41, 5.74) is 0.110. The standard InChI is InChI=1S/C40H59FN6O9S/c1-13-26(24-14-16-25(41)17-15-24)32(48)47-37-27(38(53)55-12)23(8)31(57-37)36(52)43-19-18-42-33(49)28(20(2)3)44-34(50)29(21(4)5)45-35(51)30(22(6)7)46-39(54)56-40(9,10)11/h14-17,20-22,26,28-30H,13,18-19H2,1-12H3,(H,42,49)(H,43,52)(H,44,50)(H,45,51)(H,46,54)(H,47,48). The minimum absolute atomic E-state index is 0.0197. The molecule has 0 aliphatic heterocycles. The number of nitrogens with one attached hydrogen (secondary N) is 6. The smallest absolute Gasteiger partial charge is 0.408 e. The third kappa shape index (κ3) is 14.1. The summed E-state index contributed by atoms with van der Waals surface area (Å²) in [6.07, 6.45) is -0.386. The van der Waals surface area contributed by atoms with E-state index in [1.54, 1.807) is 76.2 Å². The largest absolute Gasteiger partial charge is 0.465 e. The molecule has 4 unspecified atom stereocenters. The molecular weight excluding hydrogens is 760 g/mol. The van der Waals surface area contributed by atoms with Crippen LogP contribution in [0.4, 0.5) is 14.2 Å². The molecule has 15 nitrogen and oxygen atoms in total. The number of carbonyl (C=O) groups excluding carboxylic acids is 7. The van der Waals surface area contributed by atoms with E-state index in [4.69, 9.17) is 9.47 Å². The number of methoxy groups -OCH3 is 1. The topological polar surface area (TPSA) is 210 Å². The Labute approximate surface area is 338 Å². The summed E-state index contributed by atoms with van der Waals surface area (Å²) in [7, 11) is 1.18. The van der Waals surface area contributed by atoms with Gasteiger partial charge in [0.2, 0.25) is 23.6 Å². The van der Waals surface area contributed by atoms with Gasteiger partial charge < -0.3 is 41.4 Å². The first-order chi connectivity index (χ1) is 26.5. The number of carbonyl (C=O) groups is 7. The number of rotatable bonds is 18. The van der Waals surface area contributed by atoms with E-state index in [9.17, 15) is 38.0 Å². The molecule has 4 atom stereocenters. The minimum atomic E-state index is -1.04. The van der Waals surface area contributed by atoms with Crippen molar-refractivity contribution in [1.82, 2.24) is 26.6 Å². The van der Waals surface area contributed by atoms with Crippen molar-refractivity contribution in [2.75, 3.05) is 25.5 Å². The van der Waals surface area contributed by atoms with Crippen molar-refractivity contribution in [1.29, 1.82) is 0 Å². The van der Waals surface area contributed by atoms with Gasteiger partial charge in [-0.05, 0) is 75.1 Å². The molecule has 57 heavy (non-hydrogen) atoms. The number of alkyl carbamates (subject to hydrolysis) is 1. The highest BCUT2D eigenvalue weighted by Crippen LogP contribution is 2.35. The Morgan fingerprint density at radius 2 is 1.23 bits per heavy atom. The first-order valence-electron chi connectivity index (χ1n) is 19.0. The molecule has 1 aromatic carbocycles. The number of hydrogen-bond acceptors (Lipinski definition) is 10. The SMILES string of the molecule is CCC(C(=O)Nc1sc(C(=O)NCCNC(=O)C(NC(=O)C(NC(=O)C(NC(=O)OC(C)(C)C)C(C)C)C(C)C)C(C)C)c(C)c1C(=O)OC)c1ccc(F)cc1. The number of thiophene rings is 1. The van der Waals surface area contributed by atoms with E-state index >= 15 is 0 Å². The molecule has 0 fully saturated rings. The maximum Gasteiger partial charge on any atom is 0.408 e. The zero-order chi connectivity index (χ0) is 43.4. The molecule has 0 spiro atoms. The van der Waals surface area contributed by atoms with Gasteiger partial charge in [-0.25, -0.2) is 14.0 Å². The first-order valence-corrected chi connectivity index (χ1v) is 19.8. The lowest BCUT2D eigenvalue weighted by atomic mass is 9.95. The van der Waals surface area contributed by atoms with Gasteiger partial charge in [0.1, 0.15) is 34.5 Å². The normalized spacial score (nSPS) is 13.5. The molecule has 2 rings (SSSR count). The van der Waals surface area contributed by atoms with Gasteiger partial charge in [0, 0.05) is 13.1 Å².